The number of carbonyl (C=O) groups is 3. The first-order chi connectivity index (χ1) is 20.9. The number of fused-ring (bicyclic) bond motifs is 2. The molecule has 0 saturated carbocycles. The molecule has 0 bridgehead atoms. The van der Waals surface area contributed by atoms with Crippen LogP contribution < -0.4 is 5.32 Å². The molecule has 9 heteroatoms. The Morgan fingerprint density at radius 1 is 0.860 bits per heavy atom. The van der Waals surface area contributed by atoms with Gasteiger partial charge in [0, 0.05) is 25.9 Å². The van der Waals surface area contributed by atoms with Crippen LogP contribution in [0.25, 0.3) is 10.8 Å². The second-order valence-electron chi connectivity index (χ2n) is 11.1. The van der Waals surface area contributed by atoms with Crippen molar-refractivity contribution < 1.29 is 24.6 Å². The van der Waals surface area contributed by atoms with Crippen molar-refractivity contribution in [2.24, 2.45) is 0 Å². The molecule has 2 saturated heterocycles. The third-order valence-electron chi connectivity index (χ3n) is 8.39. The van der Waals surface area contributed by atoms with Crippen LogP contribution in [0.1, 0.15) is 23.1 Å². The van der Waals surface area contributed by atoms with Crippen LogP contribution in [0.4, 0.5) is 4.79 Å². The summed E-state index contributed by atoms with van der Waals surface area (Å²) < 4.78 is 0. The summed E-state index contributed by atoms with van der Waals surface area (Å²) in [7, 11) is 0. The Balaban J connectivity index is 1.36. The molecule has 0 aromatic heterocycles. The number of nitrogens with one attached hydrogen (secondary N) is 1. The summed E-state index contributed by atoms with van der Waals surface area (Å²) >= 11 is 0. The number of urea groups is 1. The predicted molar refractivity (Wildman–Crippen MR) is 162 cm³/mol. The fourth-order valence-electron chi connectivity index (χ4n) is 6.26. The Labute approximate surface area is 249 Å². The zero-order valence-corrected chi connectivity index (χ0v) is 23.7. The lowest BCUT2D eigenvalue weighted by Crippen LogP contribution is -2.74. The molecule has 220 valence electrons. The van der Waals surface area contributed by atoms with Crippen molar-refractivity contribution in [2.75, 3.05) is 13.2 Å². The minimum atomic E-state index is -0.866. The zero-order valence-electron chi connectivity index (χ0n) is 23.7. The molecule has 2 heterocycles. The van der Waals surface area contributed by atoms with Gasteiger partial charge in [0.2, 0.25) is 11.8 Å². The second kappa shape index (κ2) is 12.1. The maximum atomic E-state index is 14.2. The Morgan fingerprint density at radius 2 is 1.58 bits per heavy atom. The molecule has 3 atom stereocenters. The third-order valence-corrected chi connectivity index (χ3v) is 8.39. The molecule has 3 N–H and O–H groups in total. The SMILES string of the molecule is O=C1[C@H](Cc2ccc(O)cc2)N2C(=O)C[C@@H](CO)N(C(=O)NCc3ccccc3)[C@H]2CN1Cc1cccc2ccccc12. The first kappa shape index (κ1) is 28.2. The number of aliphatic hydroxyl groups is 1. The lowest BCUT2D eigenvalue weighted by Gasteiger charge is -2.54. The van der Waals surface area contributed by atoms with Crippen LogP contribution in [0.2, 0.25) is 0 Å². The van der Waals surface area contributed by atoms with Crippen LogP contribution in [0.5, 0.6) is 5.75 Å². The number of aliphatic hydroxyl groups excluding tert-OH is 1. The van der Waals surface area contributed by atoms with E-state index >= 15 is 0 Å². The molecule has 0 radical (unpaired) electrons. The summed E-state index contributed by atoms with van der Waals surface area (Å²) in [6.45, 7) is 0.308. The van der Waals surface area contributed by atoms with Crippen LogP contribution >= 0.6 is 0 Å². The van der Waals surface area contributed by atoms with Crippen molar-refractivity contribution >= 4 is 28.6 Å². The number of phenols is 1. The number of hydrogen-bond acceptors (Lipinski definition) is 5. The summed E-state index contributed by atoms with van der Waals surface area (Å²) in [4.78, 5) is 46.4. The van der Waals surface area contributed by atoms with Gasteiger partial charge in [0.05, 0.1) is 19.2 Å². The number of carbonyl (C=O) groups excluding carboxylic acids is 3. The van der Waals surface area contributed by atoms with E-state index in [1.807, 2.05) is 72.8 Å². The van der Waals surface area contributed by atoms with Gasteiger partial charge in [-0.3, -0.25) is 14.5 Å². The molecule has 0 aliphatic carbocycles. The number of benzene rings is 4. The van der Waals surface area contributed by atoms with Gasteiger partial charge in [0.15, 0.2) is 0 Å². The minimum Gasteiger partial charge on any atom is -0.508 e. The minimum absolute atomic E-state index is 0.0889. The predicted octanol–water partition coefficient (Wildman–Crippen LogP) is 3.63. The zero-order chi connectivity index (χ0) is 29.9. The fraction of sp³-hybridized carbons (Fsp3) is 0.265. The normalized spacial score (nSPS) is 20.3. The van der Waals surface area contributed by atoms with Gasteiger partial charge in [0.25, 0.3) is 0 Å². The van der Waals surface area contributed by atoms with Crippen LogP contribution in [-0.2, 0) is 29.1 Å². The van der Waals surface area contributed by atoms with Crippen molar-refractivity contribution in [1.29, 1.82) is 0 Å². The van der Waals surface area contributed by atoms with Gasteiger partial charge in [-0.05, 0) is 39.6 Å². The maximum Gasteiger partial charge on any atom is 0.319 e. The average Bonchev–Trinajstić information content (AvgIpc) is 3.03. The third kappa shape index (κ3) is 5.76. The van der Waals surface area contributed by atoms with E-state index in [1.54, 1.807) is 29.2 Å². The molecule has 9 nitrogen and oxygen atoms in total. The molecule has 0 unspecified atom stereocenters. The van der Waals surface area contributed by atoms with E-state index in [4.69, 9.17) is 0 Å². The van der Waals surface area contributed by atoms with Crippen molar-refractivity contribution in [1.82, 2.24) is 20.0 Å². The van der Waals surface area contributed by atoms with Crippen LogP contribution in [0.15, 0.2) is 97.1 Å². The second-order valence-corrected chi connectivity index (χ2v) is 11.1. The molecular weight excluding hydrogens is 544 g/mol. The monoisotopic (exact) mass is 578 g/mol. The van der Waals surface area contributed by atoms with Crippen molar-refractivity contribution in [3.63, 3.8) is 0 Å². The number of phenolic OH excluding ortho intramolecular Hbond substituents is 1. The lowest BCUT2D eigenvalue weighted by atomic mass is 9.94. The highest BCUT2D eigenvalue weighted by molar-refractivity contribution is 5.92. The molecule has 6 rings (SSSR count). The largest absolute Gasteiger partial charge is 0.508 e. The molecule has 0 spiro atoms. The summed E-state index contributed by atoms with van der Waals surface area (Å²) in [6, 6.07) is 28.0. The molecule has 4 aromatic carbocycles. The number of aromatic hydroxyl groups is 1. The van der Waals surface area contributed by atoms with E-state index in [0.717, 1.165) is 27.5 Å². The number of hydrogen-bond donors (Lipinski definition) is 3. The van der Waals surface area contributed by atoms with Gasteiger partial charge in [-0.15, -0.1) is 0 Å². The van der Waals surface area contributed by atoms with E-state index in [0.29, 0.717) is 6.54 Å². The van der Waals surface area contributed by atoms with Gasteiger partial charge in [-0.2, -0.15) is 0 Å². The van der Waals surface area contributed by atoms with Gasteiger partial charge in [-0.25, -0.2) is 4.79 Å². The van der Waals surface area contributed by atoms with E-state index < -0.39 is 24.3 Å². The average molecular weight is 579 g/mol. The van der Waals surface area contributed by atoms with E-state index in [-0.39, 0.29) is 50.1 Å². The van der Waals surface area contributed by atoms with E-state index in [1.165, 1.54) is 9.80 Å². The Bertz CT molecular complexity index is 1620. The smallest absolute Gasteiger partial charge is 0.319 e. The summed E-state index contributed by atoms with van der Waals surface area (Å²) in [5, 5.41) is 25.2. The topological polar surface area (TPSA) is 113 Å². The van der Waals surface area contributed by atoms with Gasteiger partial charge >= 0.3 is 6.03 Å². The number of nitrogens with zero attached hydrogens (tertiary/aromatic N) is 3. The van der Waals surface area contributed by atoms with Gasteiger partial charge < -0.3 is 25.3 Å². The summed E-state index contributed by atoms with van der Waals surface area (Å²) in [5.74, 6) is -0.383. The Hall–Kier alpha value is -4.89. The number of piperazine rings is 1. The molecule has 2 aliphatic rings. The van der Waals surface area contributed by atoms with Crippen LogP contribution in [-0.4, -0.2) is 74.2 Å². The van der Waals surface area contributed by atoms with Gasteiger partial charge in [0.1, 0.15) is 18.0 Å². The number of amides is 4. The van der Waals surface area contributed by atoms with Crippen LogP contribution in [0.3, 0.4) is 0 Å². The van der Waals surface area contributed by atoms with E-state index in [9.17, 15) is 24.6 Å². The Morgan fingerprint density at radius 3 is 2.35 bits per heavy atom. The molecule has 4 amide bonds. The van der Waals surface area contributed by atoms with Crippen molar-refractivity contribution in [2.45, 2.75) is 44.2 Å². The summed E-state index contributed by atoms with van der Waals surface area (Å²) in [6.07, 6.45) is -0.644. The van der Waals surface area contributed by atoms with Crippen molar-refractivity contribution in [3.8, 4) is 5.75 Å². The van der Waals surface area contributed by atoms with Crippen LogP contribution in [0, 0.1) is 0 Å². The highest BCUT2D eigenvalue weighted by Gasteiger charge is 2.51. The Kier molecular flexibility index (Phi) is 7.98. The first-order valence-electron chi connectivity index (χ1n) is 14.5. The lowest BCUT2D eigenvalue weighted by molar-refractivity contribution is -0.171. The molecular formula is C34H34N4O5. The summed E-state index contributed by atoms with van der Waals surface area (Å²) in [5.41, 5.74) is 2.66. The van der Waals surface area contributed by atoms with Gasteiger partial charge in [-0.1, -0.05) is 84.9 Å². The first-order valence-corrected chi connectivity index (χ1v) is 14.5. The van der Waals surface area contributed by atoms with Crippen molar-refractivity contribution in [3.05, 3.63) is 114 Å². The fourth-order valence-corrected chi connectivity index (χ4v) is 6.26. The molecule has 43 heavy (non-hydrogen) atoms. The molecule has 4 aromatic rings. The molecule has 2 aliphatic heterocycles. The molecule has 2 fully saturated rings. The standard InChI is InChI=1S/C34H34N4O5/c39-22-27-18-32(41)38-30(17-23-13-15-28(40)16-14-23)33(42)36(20-26-11-6-10-25-9-4-5-12-29(25)26)21-31(38)37(27)34(43)35-19-24-7-2-1-3-8-24/h1-16,27,30-31,39-40H,17-22H2,(H,35,43)/t27-,30-,31+/m0/s1. The number of rotatable bonds is 7. The highest BCUT2D eigenvalue weighted by atomic mass is 16.3. The highest BCUT2D eigenvalue weighted by Crippen LogP contribution is 2.32. The quantitative estimate of drug-likeness (QED) is 0.310. The van der Waals surface area contributed by atoms with E-state index in [2.05, 4.69) is 5.32 Å². The maximum absolute atomic E-state index is 14.2.